The second kappa shape index (κ2) is 7.41. The van der Waals surface area contributed by atoms with E-state index in [9.17, 15) is 9.59 Å². The quantitative estimate of drug-likeness (QED) is 0.679. The lowest BCUT2D eigenvalue weighted by Crippen LogP contribution is -2.32. The first kappa shape index (κ1) is 16.4. The molecule has 0 saturated heterocycles. The minimum Gasteiger partial charge on any atom is -0.444 e. The highest BCUT2D eigenvalue weighted by Crippen LogP contribution is 2.23. The number of aromatic nitrogens is 1. The molecule has 0 atom stereocenters. The molecular formula is C16H12BrN3O3S. The maximum absolute atomic E-state index is 11.9. The standard InChI is InChI=1S/C16H12BrN3O3S/c17-13-6-5-12(23-13)15(22)19-9-14(21)20-11-3-1-10(2-4-11)16-18-7-8-24-16/h1-8H,9H2,(H,19,22)(H,20,21). The summed E-state index contributed by atoms with van der Waals surface area (Å²) < 4.78 is 5.57. The van der Waals surface area contributed by atoms with Crippen molar-refractivity contribution in [3.8, 4) is 10.6 Å². The van der Waals surface area contributed by atoms with E-state index in [1.54, 1.807) is 35.7 Å². The van der Waals surface area contributed by atoms with E-state index < -0.39 is 5.91 Å². The Morgan fingerprint density at radius 3 is 2.58 bits per heavy atom. The molecule has 0 unspecified atom stereocenters. The van der Waals surface area contributed by atoms with Gasteiger partial charge in [-0.25, -0.2) is 4.98 Å². The number of furan rings is 1. The molecule has 8 heteroatoms. The van der Waals surface area contributed by atoms with Crippen molar-refractivity contribution in [3.63, 3.8) is 0 Å². The van der Waals surface area contributed by atoms with Gasteiger partial charge in [-0.05, 0) is 52.3 Å². The monoisotopic (exact) mass is 405 g/mol. The molecular weight excluding hydrogens is 394 g/mol. The van der Waals surface area contributed by atoms with Crippen LogP contribution in [0.5, 0.6) is 0 Å². The van der Waals surface area contributed by atoms with Gasteiger partial charge in [-0.3, -0.25) is 9.59 Å². The minimum absolute atomic E-state index is 0.141. The number of carbonyl (C=O) groups excluding carboxylic acids is 2. The van der Waals surface area contributed by atoms with Crippen LogP contribution in [0.4, 0.5) is 5.69 Å². The van der Waals surface area contributed by atoms with Crippen molar-refractivity contribution in [1.82, 2.24) is 10.3 Å². The Balaban J connectivity index is 1.52. The van der Waals surface area contributed by atoms with Gasteiger partial charge in [-0.2, -0.15) is 0 Å². The van der Waals surface area contributed by atoms with E-state index in [1.165, 1.54) is 6.07 Å². The van der Waals surface area contributed by atoms with Crippen LogP contribution in [-0.2, 0) is 4.79 Å². The van der Waals surface area contributed by atoms with Gasteiger partial charge < -0.3 is 15.1 Å². The molecule has 0 spiro atoms. The second-order valence-corrected chi connectivity index (χ2v) is 6.43. The van der Waals surface area contributed by atoms with Gasteiger partial charge in [0.05, 0.1) is 6.54 Å². The molecule has 0 aliphatic heterocycles. The lowest BCUT2D eigenvalue weighted by molar-refractivity contribution is -0.115. The van der Waals surface area contributed by atoms with E-state index in [1.807, 2.05) is 17.5 Å². The van der Waals surface area contributed by atoms with Crippen molar-refractivity contribution >= 4 is 44.8 Å². The van der Waals surface area contributed by atoms with E-state index in [0.717, 1.165) is 10.6 Å². The summed E-state index contributed by atoms with van der Waals surface area (Å²) in [6.45, 7) is -0.147. The highest BCUT2D eigenvalue weighted by molar-refractivity contribution is 9.10. The normalized spacial score (nSPS) is 10.4. The van der Waals surface area contributed by atoms with Crippen LogP contribution in [0.2, 0.25) is 0 Å². The van der Waals surface area contributed by atoms with Gasteiger partial charge in [0.1, 0.15) is 5.01 Å². The van der Waals surface area contributed by atoms with E-state index in [0.29, 0.717) is 10.4 Å². The number of halogens is 1. The summed E-state index contributed by atoms with van der Waals surface area (Å²) in [7, 11) is 0. The first-order valence-electron chi connectivity index (χ1n) is 6.95. The largest absolute Gasteiger partial charge is 0.444 e. The van der Waals surface area contributed by atoms with E-state index in [2.05, 4.69) is 31.5 Å². The summed E-state index contributed by atoms with van der Waals surface area (Å²) in [4.78, 5) is 27.9. The van der Waals surface area contributed by atoms with Crippen LogP contribution in [0.1, 0.15) is 10.6 Å². The Morgan fingerprint density at radius 2 is 1.96 bits per heavy atom. The third-order valence-corrected chi connectivity index (χ3v) is 4.30. The van der Waals surface area contributed by atoms with Gasteiger partial charge in [0.25, 0.3) is 5.91 Å². The SMILES string of the molecule is O=C(CNC(=O)c1ccc(Br)o1)Nc1ccc(-c2nccs2)cc1. The molecule has 0 aliphatic carbocycles. The molecule has 3 rings (SSSR count). The molecule has 2 amide bonds. The number of benzene rings is 1. The molecule has 1 aromatic carbocycles. The number of anilines is 1. The molecule has 6 nitrogen and oxygen atoms in total. The fraction of sp³-hybridized carbons (Fsp3) is 0.0625. The summed E-state index contributed by atoms with van der Waals surface area (Å²) in [5.41, 5.74) is 1.63. The van der Waals surface area contributed by atoms with Crippen LogP contribution >= 0.6 is 27.3 Å². The summed E-state index contributed by atoms with van der Waals surface area (Å²) in [5.74, 6) is -0.631. The second-order valence-electron chi connectivity index (χ2n) is 4.75. The summed E-state index contributed by atoms with van der Waals surface area (Å²) in [5, 5.41) is 8.04. The zero-order valence-corrected chi connectivity index (χ0v) is 14.7. The average molecular weight is 406 g/mol. The highest BCUT2D eigenvalue weighted by atomic mass is 79.9. The molecule has 122 valence electrons. The highest BCUT2D eigenvalue weighted by Gasteiger charge is 2.12. The summed E-state index contributed by atoms with van der Waals surface area (Å²) in [6.07, 6.45) is 1.75. The Morgan fingerprint density at radius 1 is 1.17 bits per heavy atom. The van der Waals surface area contributed by atoms with Crippen LogP contribution < -0.4 is 10.6 Å². The number of nitrogens with one attached hydrogen (secondary N) is 2. The zero-order chi connectivity index (χ0) is 16.9. The van der Waals surface area contributed by atoms with Crippen LogP contribution in [0.3, 0.4) is 0 Å². The van der Waals surface area contributed by atoms with E-state index in [-0.39, 0.29) is 18.2 Å². The third-order valence-electron chi connectivity index (χ3n) is 3.05. The first-order valence-corrected chi connectivity index (χ1v) is 8.62. The lowest BCUT2D eigenvalue weighted by Gasteiger charge is -2.06. The zero-order valence-electron chi connectivity index (χ0n) is 12.3. The number of rotatable bonds is 5. The maximum Gasteiger partial charge on any atom is 0.287 e. The van der Waals surface area contributed by atoms with Gasteiger partial charge in [0.2, 0.25) is 5.91 Å². The molecule has 0 fully saturated rings. The van der Waals surface area contributed by atoms with Crippen LogP contribution in [0, 0.1) is 0 Å². The van der Waals surface area contributed by atoms with Crippen molar-refractivity contribution in [2.24, 2.45) is 0 Å². The predicted molar refractivity (Wildman–Crippen MR) is 94.9 cm³/mol. The minimum atomic E-state index is -0.449. The molecule has 2 aromatic heterocycles. The average Bonchev–Trinajstić information content (AvgIpc) is 3.25. The summed E-state index contributed by atoms with van der Waals surface area (Å²) >= 11 is 4.66. The smallest absolute Gasteiger partial charge is 0.287 e. The Labute approximate surface area is 150 Å². The maximum atomic E-state index is 11.9. The van der Waals surface area contributed by atoms with Crippen molar-refractivity contribution < 1.29 is 14.0 Å². The van der Waals surface area contributed by atoms with Gasteiger partial charge in [-0.15, -0.1) is 11.3 Å². The predicted octanol–water partition coefficient (Wildman–Crippen LogP) is 3.53. The molecule has 2 N–H and O–H groups in total. The van der Waals surface area contributed by atoms with Crippen LogP contribution in [-0.4, -0.2) is 23.3 Å². The van der Waals surface area contributed by atoms with Gasteiger partial charge in [-0.1, -0.05) is 0 Å². The van der Waals surface area contributed by atoms with Crippen LogP contribution in [0.25, 0.3) is 10.6 Å². The molecule has 2 heterocycles. The summed E-state index contributed by atoms with van der Waals surface area (Å²) in [6, 6.07) is 10.5. The number of amides is 2. The van der Waals surface area contributed by atoms with Crippen molar-refractivity contribution in [2.75, 3.05) is 11.9 Å². The number of thiazole rings is 1. The topological polar surface area (TPSA) is 84.2 Å². The Bertz CT molecular complexity index is 844. The molecule has 24 heavy (non-hydrogen) atoms. The number of hydrogen-bond donors (Lipinski definition) is 2. The van der Waals surface area contributed by atoms with E-state index >= 15 is 0 Å². The molecule has 0 radical (unpaired) electrons. The fourth-order valence-corrected chi connectivity index (χ4v) is 2.90. The Kier molecular flexibility index (Phi) is 5.07. The van der Waals surface area contributed by atoms with Gasteiger partial charge in [0.15, 0.2) is 10.4 Å². The van der Waals surface area contributed by atoms with Gasteiger partial charge >= 0.3 is 0 Å². The van der Waals surface area contributed by atoms with Crippen molar-refractivity contribution in [1.29, 1.82) is 0 Å². The Hall–Kier alpha value is -2.45. The number of hydrogen-bond acceptors (Lipinski definition) is 5. The first-order chi connectivity index (χ1) is 11.6. The van der Waals surface area contributed by atoms with Crippen LogP contribution in [0.15, 0.2) is 57.1 Å². The molecule has 3 aromatic rings. The van der Waals surface area contributed by atoms with E-state index in [4.69, 9.17) is 4.42 Å². The molecule has 0 saturated carbocycles. The molecule has 0 aliphatic rings. The third kappa shape index (κ3) is 4.09. The van der Waals surface area contributed by atoms with Gasteiger partial charge in [0, 0.05) is 22.8 Å². The number of nitrogens with zero attached hydrogens (tertiary/aromatic N) is 1. The lowest BCUT2D eigenvalue weighted by atomic mass is 10.2. The number of carbonyl (C=O) groups is 2. The van der Waals surface area contributed by atoms with Crippen molar-refractivity contribution in [2.45, 2.75) is 0 Å². The van der Waals surface area contributed by atoms with Crippen molar-refractivity contribution in [3.05, 3.63) is 58.4 Å². The fourth-order valence-electron chi connectivity index (χ4n) is 1.95. The molecule has 0 bridgehead atoms.